The standard InChI is InChI=1S/C16H19N3O2S/c1-10(8-17-2)15(20)19-16-18-13(9-22-16)11-3-4-14-12(7-11)5-6-21-14/h3-4,7,9-10,17H,5-6,8H2,1-2H3,(H,18,19,20). The maximum atomic E-state index is 12.0. The number of aromatic nitrogens is 1. The zero-order valence-corrected chi connectivity index (χ0v) is 13.5. The minimum atomic E-state index is -0.0884. The van der Waals surface area contributed by atoms with Gasteiger partial charge in [0.1, 0.15) is 5.75 Å². The van der Waals surface area contributed by atoms with E-state index in [-0.39, 0.29) is 11.8 Å². The first-order valence-electron chi connectivity index (χ1n) is 7.34. The first-order valence-corrected chi connectivity index (χ1v) is 8.22. The molecule has 0 aliphatic carbocycles. The van der Waals surface area contributed by atoms with Crippen LogP contribution >= 0.6 is 11.3 Å². The molecule has 116 valence electrons. The third-order valence-electron chi connectivity index (χ3n) is 3.68. The zero-order valence-electron chi connectivity index (χ0n) is 12.7. The van der Waals surface area contributed by atoms with Gasteiger partial charge in [-0.05, 0) is 30.8 Å². The second kappa shape index (κ2) is 6.46. The lowest BCUT2D eigenvalue weighted by Crippen LogP contribution is -2.28. The lowest BCUT2D eigenvalue weighted by molar-refractivity contribution is -0.119. The molecule has 1 atom stereocenters. The SMILES string of the molecule is CNCC(C)C(=O)Nc1nc(-c2ccc3c(c2)CCO3)cs1. The Bertz CT molecular complexity index is 684. The number of fused-ring (bicyclic) bond motifs is 1. The van der Waals surface area contributed by atoms with Gasteiger partial charge in [-0.1, -0.05) is 6.92 Å². The largest absolute Gasteiger partial charge is 0.493 e. The molecule has 1 aromatic heterocycles. The number of ether oxygens (including phenoxy) is 1. The number of anilines is 1. The number of rotatable bonds is 5. The van der Waals surface area contributed by atoms with Crippen LogP contribution in [0.4, 0.5) is 5.13 Å². The van der Waals surface area contributed by atoms with Crippen molar-refractivity contribution in [3.63, 3.8) is 0 Å². The summed E-state index contributed by atoms with van der Waals surface area (Å²) in [5.74, 6) is 0.862. The first-order chi connectivity index (χ1) is 10.7. The van der Waals surface area contributed by atoms with Crippen molar-refractivity contribution in [3.05, 3.63) is 29.1 Å². The monoisotopic (exact) mass is 317 g/mol. The molecule has 0 bridgehead atoms. The molecule has 1 unspecified atom stereocenters. The predicted molar refractivity (Wildman–Crippen MR) is 88.5 cm³/mol. The van der Waals surface area contributed by atoms with Crippen LogP contribution < -0.4 is 15.4 Å². The fourth-order valence-electron chi connectivity index (χ4n) is 2.44. The third kappa shape index (κ3) is 3.13. The summed E-state index contributed by atoms with van der Waals surface area (Å²) in [6, 6.07) is 6.12. The summed E-state index contributed by atoms with van der Waals surface area (Å²) >= 11 is 1.45. The molecule has 0 saturated heterocycles. The van der Waals surface area contributed by atoms with Gasteiger partial charge in [0.25, 0.3) is 0 Å². The van der Waals surface area contributed by atoms with Crippen molar-refractivity contribution < 1.29 is 9.53 Å². The molecule has 0 fully saturated rings. The Morgan fingerprint density at radius 3 is 3.18 bits per heavy atom. The van der Waals surface area contributed by atoms with Gasteiger partial charge < -0.3 is 15.4 Å². The van der Waals surface area contributed by atoms with Crippen molar-refractivity contribution in [2.45, 2.75) is 13.3 Å². The van der Waals surface area contributed by atoms with Gasteiger partial charge in [-0.25, -0.2) is 4.98 Å². The highest BCUT2D eigenvalue weighted by molar-refractivity contribution is 7.14. The number of carbonyl (C=O) groups is 1. The van der Waals surface area contributed by atoms with Gasteiger partial charge in [0, 0.05) is 29.8 Å². The molecule has 22 heavy (non-hydrogen) atoms. The van der Waals surface area contributed by atoms with E-state index < -0.39 is 0 Å². The Labute approximate surface area is 133 Å². The van der Waals surface area contributed by atoms with Crippen molar-refractivity contribution in [1.29, 1.82) is 0 Å². The molecule has 0 spiro atoms. The van der Waals surface area contributed by atoms with Crippen LogP contribution in [0.25, 0.3) is 11.3 Å². The predicted octanol–water partition coefficient (Wildman–Crippen LogP) is 2.54. The van der Waals surface area contributed by atoms with Crippen molar-refractivity contribution in [3.8, 4) is 17.0 Å². The first kappa shape index (κ1) is 15.0. The molecule has 3 rings (SSSR count). The van der Waals surface area contributed by atoms with E-state index in [1.165, 1.54) is 16.9 Å². The van der Waals surface area contributed by atoms with E-state index in [0.29, 0.717) is 11.7 Å². The Morgan fingerprint density at radius 2 is 2.36 bits per heavy atom. The van der Waals surface area contributed by atoms with Crippen LogP contribution in [0.5, 0.6) is 5.75 Å². The van der Waals surface area contributed by atoms with Crippen LogP contribution in [-0.4, -0.2) is 31.1 Å². The minimum Gasteiger partial charge on any atom is -0.493 e. The van der Waals surface area contributed by atoms with Crippen molar-refractivity contribution >= 4 is 22.4 Å². The molecule has 5 nitrogen and oxygen atoms in total. The number of thiazole rings is 1. The fraction of sp³-hybridized carbons (Fsp3) is 0.375. The Hall–Kier alpha value is -1.92. The highest BCUT2D eigenvalue weighted by Crippen LogP contribution is 2.31. The number of hydrogen-bond donors (Lipinski definition) is 2. The lowest BCUT2D eigenvalue weighted by Gasteiger charge is -2.09. The third-order valence-corrected chi connectivity index (χ3v) is 4.44. The molecule has 0 radical (unpaired) electrons. The lowest BCUT2D eigenvalue weighted by atomic mass is 10.1. The second-order valence-electron chi connectivity index (χ2n) is 5.41. The topological polar surface area (TPSA) is 63.2 Å². The zero-order chi connectivity index (χ0) is 15.5. The molecular weight excluding hydrogens is 298 g/mol. The van der Waals surface area contributed by atoms with Gasteiger partial charge in [-0.15, -0.1) is 11.3 Å². The van der Waals surface area contributed by atoms with E-state index in [2.05, 4.69) is 21.7 Å². The van der Waals surface area contributed by atoms with Crippen LogP contribution in [0.3, 0.4) is 0 Å². The van der Waals surface area contributed by atoms with E-state index >= 15 is 0 Å². The summed E-state index contributed by atoms with van der Waals surface area (Å²) < 4.78 is 5.52. The van der Waals surface area contributed by atoms with Gasteiger partial charge in [0.15, 0.2) is 5.13 Å². The number of nitrogens with one attached hydrogen (secondary N) is 2. The summed E-state index contributed by atoms with van der Waals surface area (Å²) in [6.45, 7) is 3.29. The molecule has 2 heterocycles. The quantitative estimate of drug-likeness (QED) is 0.889. The number of hydrogen-bond acceptors (Lipinski definition) is 5. The van der Waals surface area contributed by atoms with Crippen molar-refractivity contribution in [2.75, 3.05) is 25.5 Å². The average Bonchev–Trinajstić information content (AvgIpc) is 3.15. The Kier molecular flexibility index (Phi) is 4.40. The summed E-state index contributed by atoms with van der Waals surface area (Å²) in [7, 11) is 1.84. The molecule has 1 aromatic carbocycles. The molecule has 6 heteroatoms. The Balaban J connectivity index is 1.72. The van der Waals surface area contributed by atoms with E-state index in [4.69, 9.17) is 4.74 Å². The maximum Gasteiger partial charge on any atom is 0.230 e. The van der Waals surface area contributed by atoms with Gasteiger partial charge in [0.05, 0.1) is 12.3 Å². The van der Waals surface area contributed by atoms with Gasteiger partial charge in [0.2, 0.25) is 5.91 Å². The molecule has 1 aliphatic heterocycles. The van der Waals surface area contributed by atoms with E-state index in [1.54, 1.807) is 0 Å². The normalized spacial score (nSPS) is 14.3. The smallest absolute Gasteiger partial charge is 0.230 e. The van der Waals surface area contributed by atoms with Crippen LogP contribution in [0.2, 0.25) is 0 Å². The number of carbonyl (C=O) groups excluding carboxylic acids is 1. The Morgan fingerprint density at radius 1 is 1.50 bits per heavy atom. The summed E-state index contributed by atoms with van der Waals surface area (Å²) in [5.41, 5.74) is 3.17. The molecule has 1 aliphatic rings. The van der Waals surface area contributed by atoms with E-state index in [9.17, 15) is 4.79 Å². The van der Waals surface area contributed by atoms with Crippen molar-refractivity contribution in [1.82, 2.24) is 10.3 Å². The molecule has 0 saturated carbocycles. The highest BCUT2D eigenvalue weighted by Gasteiger charge is 2.16. The van der Waals surface area contributed by atoms with Gasteiger partial charge in [-0.2, -0.15) is 0 Å². The van der Waals surface area contributed by atoms with Crippen LogP contribution in [-0.2, 0) is 11.2 Å². The van der Waals surface area contributed by atoms with Crippen LogP contribution in [0.1, 0.15) is 12.5 Å². The number of benzene rings is 1. The summed E-state index contributed by atoms with van der Waals surface area (Å²) in [6.07, 6.45) is 0.943. The summed E-state index contributed by atoms with van der Waals surface area (Å²) in [5, 5.41) is 8.48. The van der Waals surface area contributed by atoms with Crippen molar-refractivity contribution in [2.24, 2.45) is 5.92 Å². The second-order valence-corrected chi connectivity index (χ2v) is 6.26. The average molecular weight is 317 g/mol. The molecular formula is C16H19N3O2S. The molecule has 2 aromatic rings. The number of amides is 1. The molecule has 2 N–H and O–H groups in total. The highest BCUT2D eigenvalue weighted by atomic mass is 32.1. The number of nitrogens with zero attached hydrogens (tertiary/aromatic N) is 1. The fourth-order valence-corrected chi connectivity index (χ4v) is 3.16. The van der Waals surface area contributed by atoms with Gasteiger partial charge in [-0.3, -0.25) is 4.79 Å². The van der Waals surface area contributed by atoms with Gasteiger partial charge >= 0.3 is 0 Å². The van der Waals surface area contributed by atoms with Crippen LogP contribution in [0, 0.1) is 5.92 Å². The van der Waals surface area contributed by atoms with E-state index in [1.807, 2.05) is 31.5 Å². The minimum absolute atomic E-state index is 0.0161. The summed E-state index contributed by atoms with van der Waals surface area (Å²) in [4.78, 5) is 16.5. The molecule has 1 amide bonds. The van der Waals surface area contributed by atoms with E-state index in [0.717, 1.165) is 30.0 Å². The maximum absolute atomic E-state index is 12.0. The van der Waals surface area contributed by atoms with Crippen LogP contribution in [0.15, 0.2) is 23.6 Å².